The molecular weight excluding hydrogens is 314 g/mol. The van der Waals surface area contributed by atoms with Crippen LogP contribution in [0, 0.1) is 6.92 Å². The van der Waals surface area contributed by atoms with Crippen molar-refractivity contribution in [3.63, 3.8) is 0 Å². The second-order valence-electron chi connectivity index (χ2n) is 6.61. The fraction of sp³-hybridized carbons (Fsp3) is 0.500. The molecule has 1 aromatic heterocycles. The monoisotopic (exact) mass is 341 g/mol. The van der Waals surface area contributed by atoms with Crippen LogP contribution in [0.4, 0.5) is 0 Å². The van der Waals surface area contributed by atoms with Crippen LogP contribution < -0.4 is 0 Å². The Hall–Kier alpha value is -2.14. The molecule has 1 amide bonds. The van der Waals surface area contributed by atoms with Gasteiger partial charge in [-0.15, -0.1) is 0 Å². The summed E-state index contributed by atoms with van der Waals surface area (Å²) in [6.45, 7) is 5.71. The van der Waals surface area contributed by atoms with Crippen LogP contribution in [0.1, 0.15) is 53.1 Å². The molecule has 134 valence electrons. The molecule has 3 rings (SSSR count). The quantitative estimate of drug-likeness (QED) is 0.757. The number of hydrogen-bond acceptors (Lipinski definition) is 3. The summed E-state index contributed by atoms with van der Waals surface area (Å²) in [7, 11) is 1.91. The second kappa shape index (κ2) is 7.83. The maximum absolute atomic E-state index is 13.1. The van der Waals surface area contributed by atoms with Crippen LogP contribution in [-0.2, 0) is 17.7 Å². The van der Waals surface area contributed by atoms with Gasteiger partial charge in [0.05, 0.1) is 24.9 Å². The first-order valence-electron chi connectivity index (χ1n) is 9.09. The molecule has 5 nitrogen and oxygen atoms in total. The van der Waals surface area contributed by atoms with E-state index in [0.717, 1.165) is 25.0 Å². The fourth-order valence-corrected chi connectivity index (χ4v) is 3.64. The van der Waals surface area contributed by atoms with Crippen molar-refractivity contribution in [1.29, 1.82) is 0 Å². The van der Waals surface area contributed by atoms with E-state index in [1.54, 1.807) is 4.68 Å². The number of ether oxygens (including phenoxy) is 1. The summed E-state index contributed by atoms with van der Waals surface area (Å²) < 4.78 is 7.20. The summed E-state index contributed by atoms with van der Waals surface area (Å²) in [5.41, 5.74) is 4.14. The highest BCUT2D eigenvalue weighted by Crippen LogP contribution is 2.34. The number of aryl methyl sites for hydroxylation is 2. The van der Waals surface area contributed by atoms with Gasteiger partial charge >= 0.3 is 0 Å². The molecule has 0 fully saturated rings. The van der Waals surface area contributed by atoms with Crippen molar-refractivity contribution in [2.24, 2.45) is 0 Å². The van der Waals surface area contributed by atoms with Gasteiger partial charge in [-0.1, -0.05) is 24.3 Å². The lowest BCUT2D eigenvalue weighted by Gasteiger charge is -2.33. The lowest BCUT2D eigenvalue weighted by Crippen LogP contribution is -2.34. The summed E-state index contributed by atoms with van der Waals surface area (Å²) in [6, 6.07) is 10.5. The van der Waals surface area contributed by atoms with Crippen molar-refractivity contribution in [3.05, 3.63) is 52.8 Å². The minimum atomic E-state index is 0.0267. The fourth-order valence-electron chi connectivity index (χ4n) is 3.64. The Morgan fingerprint density at radius 1 is 1.40 bits per heavy atom. The van der Waals surface area contributed by atoms with Crippen LogP contribution in [0.5, 0.6) is 0 Å². The third kappa shape index (κ3) is 3.76. The molecule has 1 aromatic carbocycles. The van der Waals surface area contributed by atoms with Crippen molar-refractivity contribution >= 4 is 5.91 Å². The van der Waals surface area contributed by atoms with E-state index in [1.807, 2.05) is 31.9 Å². The zero-order valence-electron chi connectivity index (χ0n) is 15.4. The summed E-state index contributed by atoms with van der Waals surface area (Å²) in [5.74, 6) is 0.0267. The Bertz CT molecular complexity index is 738. The lowest BCUT2D eigenvalue weighted by atomic mass is 9.87. The minimum absolute atomic E-state index is 0.0267. The number of aromatic nitrogens is 2. The molecule has 1 atom stereocenters. The molecule has 2 aromatic rings. The van der Waals surface area contributed by atoms with Crippen LogP contribution >= 0.6 is 0 Å². The van der Waals surface area contributed by atoms with E-state index >= 15 is 0 Å². The molecule has 1 heterocycles. The van der Waals surface area contributed by atoms with E-state index in [-0.39, 0.29) is 11.9 Å². The van der Waals surface area contributed by atoms with Gasteiger partial charge in [0.25, 0.3) is 5.91 Å². The predicted molar refractivity (Wildman–Crippen MR) is 97.7 cm³/mol. The second-order valence-corrected chi connectivity index (χ2v) is 6.61. The number of hydrogen-bond donors (Lipinski definition) is 0. The van der Waals surface area contributed by atoms with Gasteiger partial charge in [0, 0.05) is 13.7 Å². The molecule has 1 aliphatic carbocycles. The van der Waals surface area contributed by atoms with Crippen molar-refractivity contribution < 1.29 is 9.53 Å². The Kier molecular flexibility index (Phi) is 5.53. The molecular formula is C20H27N3O2. The molecule has 0 aliphatic heterocycles. The average Bonchev–Trinajstić information content (AvgIpc) is 3.01. The number of benzene rings is 1. The number of carbonyl (C=O) groups excluding carboxylic acids is 1. The minimum Gasteiger partial charge on any atom is -0.380 e. The highest BCUT2D eigenvalue weighted by atomic mass is 16.5. The molecule has 5 heteroatoms. The lowest BCUT2D eigenvalue weighted by molar-refractivity contribution is 0.0697. The molecule has 0 N–H and O–H groups in total. The highest BCUT2D eigenvalue weighted by Gasteiger charge is 2.28. The maximum atomic E-state index is 13.1. The number of amides is 1. The van der Waals surface area contributed by atoms with Crippen molar-refractivity contribution in [2.75, 3.05) is 20.3 Å². The summed E-state index contributed by atoms with van der Waals surface area (Å²) in [6.07, 6.45) is 3.22. The highest BCUT2D eigenvalue weighted by molar-refractivity contribution is 5.93. The number of nitrogens with zero attached hydrogens (tertiary/aromatic N) is 3. The molecule has 0 saturated heterocycles. The zero-order valence-corrected chi connectivity index (χ0v) is 15.4. The normalized spacial score (nSPS) is 16.5. The third-order valence-corrected chi connectivity index (χ3v) is 4.90. The van der Waals surface area contributed by atoms with Gasteiger partial charge in [-0.3, -0.25) is 9.48 Å². The first-order valence-corrected chi connectivity index (χ1v) is 9.09. The van der Waals surface area contributed by atoms with Crippen LogP contribution in [0.15, 0.2) is 30.3 Å². The topological polar surface area (TPSA) is 47.4 Å². The van der Waals surface area contributed by atoms with Gasteiger partial charge in [-0.25, -0.2) is 0 Å². The van der Waals surface area contributed by atoms with Gasteiger partial charge in [0.1, 0.15) is 5.69 Å². The van der Waals surface area contributed by atoms with Gasteiger partial charge in [0.15, 0.2) is 0 Å². The van der Waals surface area contributed by atoms with E-state index in [2.05, 4.69) is 29.4 Å². The first kappa shape index (κ1) is 17.7. The number of fused-ring (bicyclic) bond motifs is 1. The van der Waals surface area contributed by atoms with E-state index in [0.29, 0.717) is 25.5 Å². The first-order chi connectivity index (χ1) is 12.1. The number of rotatable bonds is 6. The van der Waals surface area contributed by atoms with Crippen LogP contribution in [0.25, 0.3) is 0 Å². The SMILES string of the molecule is CCOCCn1nc(C)cc1C(=O)N(C)[C@H]1CCCc2ccccc21. The van der Waals surface area contributed by atoms with Crippen molar-refractivity contribution in [3.8, 4) is 0 Å². The molecule has 0 spiro atoms. The van der Waals surface area contributed by atoms with Crippen LogP contribution in [-0.4, -0.2) is 40.8 Å². The van der Waals surface area contributed by atoms with E-state index in [9.17, 15) is 4.79 Å². The van der Waals surface area contributed by atoms with Crippen molar-refractivity contribution in [1.82, 2.24) is 14.7 Å². The number of carbonyl (C=O) groups is 1. The maximum Gasteiger partial charge on any atom is 0.272 e. The Labute approximate surface area is 149 Å². The van der Waals surface area contributed by atoms with E-state index in [1.165, 1.54) is 11.1 Å². The Morgan fingerprint density at radius 2 is 2.20 bits per heavy atom. The van der Waals surface area contributed by atoms with E-state index < -0.39 is 0 Å². The molecule has 25 heavy (non-hydrogen) atoms. The Morgan fingerprint density at radius 3 is 3.00 bits per heavy atom. The predicted octanol–water partition coefficient (Wildman–Crippen LogP) is 3.38. The van der Waals surface area contributed by atoms with Gasteiger partial charge < -0.3 is 9.64 Å². The smallest absolute Gasteiger partial charge is 0.272 e. The summed E-state index contributed by atoms with van der Waals surface area (Å²) in [5, 5.41) is 4.46. The van der Waals surface area contributed by atoms with Gasteiger partial charge in [-0.05, 0) is 50.3 Å². The average molecular weight is 341 g/mol. The summed E-state index contributed by atoms with van der Waals surface area (Å²) in [4.78, 5) is 15.0. The molecule has 0 unspecified atom stereocenters. The molecule has 1 aliphatic rings. The zero-order chi connectivity index (χ0) is 17.8. The van der Waals surface area contributed by atoms with E-state index in [4.69, 9.17) is 4.74 Å². The standard InChI is InChI=1S/C20H27N3O2/c1-4-25-13-12-23-19(14-15(2)21-23)20(24)22(3)18-11-7-9-16-8-5-6-10-17(16)18/h5-6,8,10,14,18H,4,7,9,11-13H2,1-3H3/t18-/m0/s1. The molecule has 0 bridgehead atoms. The van der Waals surface area contributed by atoms with Crippen molar-refractivity contribution in [2.45, 2.75) is 45.7 Å². The third-order valence-electron chi connectivity index (χ3n) is 4.90. The van der Waals surface area contributed by atoms with Gasteiger partial charge in [-0.2, -0.15) is 5.10 Å². The van der Waals surface area contributed by atoms with Gasteiger partial charge in [0.2, 0.25) is 0 Å². The molecule has 0 saturated carbocycles. The van der Waals surface area contributed by atoms with Crippen LogP contribution in [0.3, 0.4) is 0 Å². The summed E-state index contributed by atoms with van der Waals surface area (Å²) >= 11 is 0. The molecule has 0 radical (unpaired) electrons. The largest absolute Gasteiger partial charge is 0.380 e. The Balaban J connectivity index is 1.82. The van der Waals surface area contributed by atoms with Crippen LogP contribution in [0.2, 0.25) is 0 Å².